The maximum Gasteiger partial charge on any atom is 0.495 e. The van der Waals surface area contributed by atoms with Crippen molar-refractivity contribution in [3.8, 4) is 0 Å². The molecule has 0 radical (unpaired) electrons. The van der Waals surface area contributed by atoms with Crippen LogP contribution < -0.4 is 11.2 Å². The lowest BCUT2D eigenvalue weighted by molar-refractivity contribution is -0.117. The van der Waals surface area contributed by atoms with Crippen LogP contribution in [-0.2, 0) is 20.5 Å². The third-order valence-electron chi connectivity index (χ3n) is 4.01. The Bertz CT molecular complexity index is 529. The van der Waals surface area contributed by atoms with Crippen molar-refractivity contribution in [3.05, 3.63) is 29.6 Å². The molecule has 1 aromatic carbocycles. The fourth-order valence-electron chi connectivity index (χ4n) is 2.13. The predicted octanol–water partition coefficient (Wildman–Crippen LogP) is 1.15. The first kappa shape index (κ1) is 15.0. The van der Waals surface area contributed by atoms with E-state index in [1.165, 1.54) is 6.07 Å². The van der Waals surface area contributed by atoms with Crippen molar-refractivity contribution in [3.63, 3.8) is 0 Å². The lowest BCUT2D eigenvalue weighted by Crippen LogP contribution is -2.41. The summed E-state index contributed by atoms with van der Waals surface area (Å²) in [4.78, 5) is 11.1. The molecule has 0 aliphatic carbocycles. The highest BCUT2D eigenvalue weighted by molar-refractivity contribution is 6.62. The van der Waals surface area contributed by atoms with Gasteiger partial charge in [0.25, 0.3) is 0 Å². The number of hydrogen-bond acceptors (Lipinski definition) is 3. The van der Waals surface area contributed by atoms with Gasteiger partial charge in [0.2, 0.25) is 5.91 Å². The number of benzene rings is 1. The number of hydrogen-bond donors (Lipinski definition) is 1. The number of amides is 1. The van der Waals surface area contributed by atoms with Crippen LogP contribution in [0, 0.1) is 5.82 Å². The van der Waals surface area contributed by atoms with Gasteiger partial charge in [-0.2, -0.15) is 0 Å². The zero-order valence-electron chi connectivity index (χ0n) is 12.2. The Hall–Kier alpha value is -1.40. The smallest absolute Gasteiger partial charge is 0.399 e. The standard InChI is InChI=1S/C14H19BFNO3/c1-13(2)14(3,4)20-15(19-13)10-6-5-7-11(16)9(10)8-12(17)18/h5-7H,8H2,1-4H3,(H2,17,18). The summed E-state index contributed by atoms with van der Waals surface area (Å²) in [6.45, 7) is 7.67. The second kappa shape index (κ2) is 4.86. The molecule has 1 fully saturated rings. The molecule has 0 saturated carbocycles. The van der Waals surface area contributed by atoms with E-state index in [-0.39, 0.29) is 12.0 Å². The number of carbonyl (C=O) groups excluding carboxylic acids is 1. The summed E-state index contributed by atoms with van der Waals surface area (Å²) in [6.07, 6.45) is -0.175. The maximum atomic E-state index is 13.9. The summed E-state index contributed by atoms with van der Waals surface area (Å²) < 4.78 is 25.7. The first-order chi connectivity index (χ1) is 9.14. The van der Waals surface area contributed by atoms with Gasteiger partial charge in [-0.3, -0.25) is 4.79 Å². The van der Waals surface area contributed by atoms with Crippen molar-refractivity contribution in [1.82, 2.24) is 0 Å². The zero-order valence-corrected chi connectivity index (χ0v) is 12.2. The molecule has 6 heteroatoms. The topological polar surface area (TPSA) is 61.5 Å². The van der Waals surface area contributed by atoms with E-state index in [4.69, 9.17) is 15.0 Å². The molecule has 20 heavy (non-hydrogen) atoms. The van der Waals surface area contributed by atoms with Crippen LogP contribution in [0.15, 0.2) is 18.2 Å². The van der Waals surface area contributed by atoms with Crippen molar-refractivity contribution < 1.29 is 18.5 Å². The second-order valence-electron chi connectivity index (χ2n) is 6.04. The summed E-state index contributed by atoms with van der Waals surface area (Å²) in [5, 5.41) is 0. The van der Waals surface area contributed by atoms with Gasteiger partial charge in [-0.25, -0.2) is 4.39 Å². The third-order valence-corrected chi connectivity index (χ3v) is 4.01. The fraction of sp³-hybridized carbons (Fsp3) is 0.500. The molecular weight excluding hydrogens is 260 g/mol. The number of carbonyl (C=O) groups is 1. The van der Waals surface area contributed by atoms with Gasteiger partial charge in [0, 0.05) is 0 Å². The van der Waals surface area contributed by atoms with Gasteiger partial charge in [-0.15, -0.1) is 0 Å². The molecule has 0 aromatic heterocycles. The largest absolute Gasteiger partial charge is 0.495 e. The van der Waals surface area contributed by atoms with E-state index in [9.17, 15) is 9.18 Å². The van der Waals surface area contributed by atoms with Crippen LogP contribution in [0.25, 0.3) is 0 Å². The molecule has 4 nitrogen and oxygen atoms in total. The van der Waals surface area contributed by atoms with Crippen LogP contribution in [0.2, 0.25) is 0 Å². The third kappa shape index (κ3) is 2.58. The van der Waals surface area contributed by atoms with Crippen molar-refractivity contribution in [2.24, 2.45) is 5.73 Å². The Morgan fingerprint density at radius 1 is 1.25 bits per heavy atom. The quantitative estimate of drug-likeness (QED) is 0.844. The summed E-state index contributed by atoms with van der Waals surface area (Å²) in [7, 11) is -0.704. The summed E-state index contributed by atoms with van der Waals surface area (Å²) >= 11 is 0. The molecule has 0 unspecified atom stereocenters. The second-order valence-corrected chi connectivity index (χ2v) is 6.04. The van der Waals surface area contributed by atoms with E-state index < -0.39 is 30.0 Å². The molecule has 0 spiro atoms. The molecular formula is C14H19BFNO3. The number of halogens is 1. The van der Waals surface area contributed by atoms with Gasteiger partial charge in [0.05, 0.1) is 17.6 Å². The van der Waals surface area contributed by atoms with E-state index in [0.717, 1.165) is 0 Å². The van der Waals surface area contributed by atoms with Crippen LogP contribution >= 0.6 is 0 Å². The Kier molecular flexibility index (Phi) is 3.65. The van der Waals surface area contributed by atoms with Crippen LogP contribution in [0.1, 0.15) is 33.3 Å². The molecule has 1 aliphatic heterocycles. The average molecular weight is 279 g/mol. The van der Waals surface area contributed by atoms with Crippen LogP contribution in [-0.4, -0.2) is 24.2 Å². The van der Waals surface area contributed by atoms with E-state index in [1.807, 2.05) is 27.7 Å². The van der Waals surface area contributed by atoms with Crippen LogP contribution in [0.3, 0.4) is 0 Å². The van der Waals surface area contributed by atoms with E-state index in [1.54, 1.807) is 12.1 Å². The minimum Gasteiger partial charge on any atom is -0.399 e. The van der Waals surface area contributed by atoms with E-state index >= 15 is 0 Å². The summed E-state index contributed by atoms with van der Waals surface area (Å²) in [6, 6.07) is 4.57. The molecule has 1 aliphatic rings. The normalized spacial score (nSPS) is 20.1. The van der Waals surface area contributed by atoms with Gasteiger partial charge >= 0.3 is 7.12 Å². The highest BCUT2D eigenvalue weighted by Gasteiger charge is 2.52. The Morgan fingerprint density at radius 3 is 2.30 bits per heavy atom. The fourth-order valence-corrected chi connectivity index (χ4v) is 2.13. The van der Waals surface area contributed by atoms with Gasteiger partial charge in [0.15, 0.2) is 0 Å². The Morgan fingerprint density at radius 2 is 1.80 bits per heavy atom. The molecule has 1 saturated heterocycles. The minimum atomic E-state index is -0.704. The van der Waals surface area contributed by atoms with Gasteiger partial charge < -0.3 is 15.0 Å². The average Bonchev–Trinajstić information content (AvgIpc) is 2.50. The SMILES string of the molecule is CC1(C)OB(c2cccc(F)c2CC(N)=O)OC1(C)C. The van der Waals surface area contributed by atoms with Crippen molar-refractivity contribution in [2.75, 3.05) is 0 Å². The summed E-state index contributed by atoms with van der Waals surface area (Å²) in [5.41, 5.74) is 4.89. The Balaban J connectivity index is 2.40. The Labute approximate surface area is 118 Å². The highest BCUT2D eigenvalue weighted by Crippen LogP contribution is 2.36. The zero-order chi connectivity index (χ0) is 15.1. The number of nitrogens with two attached hydrogens (primary N) is 1. The highest BCUT2D eigenvalue weighted by atomic mass is 19.1. The van der Waals surface area contributed by atoms with Crippen LogP contribution in [0.5, 0.6) is 0 Å². The number of rotatable bonds is 3. The minimum absolute atomic E-state index is 0.175. The molecule has 1 amide bonds. The molecule has 108 valence electrons. The lowest BCUT2D eigenvalue weighted by Gasteiger charge is -2.32. The van der Waals surface area contributed by atoms with Crippen molar-refractivity contribution in [2.45, 2.75) is 45.3 Å². The first-order valence-electron chi connectivity index (χ1n) is 6.55. The lowest BCUT2D eigenvalue weighted by atomic mass is 9.75. The van der Waals surface area contributed by atoms with Crippen molar-refractivity contribution in [1.29, 1.82) is 0 Å². The first-order valence-corrected chi connectivity index (χ1v) is 6.55. The molecule has 1 aromatic rings. The van der Waals surface area contributed by atoms with Crippen LogP contribution in [0.4, 0.5) is 4.39 Å². The van der Waals surface area contributed by atoms with Gasteiger partial charge in [-0.05, 0) is 44.8 Å². The molecule has 1 heterocycles. The monoisotopic (exact) mass is 279 g/mol. The van der Waals surface area contributed by atoms with Gasteiger partial charge in [0.1, 0.15) is 5.82 Å². The van der Waals surface area contributed by atoms with Gasteiger partial charge in [-0.1, -0.05) is 12.1 Å². The summed E-state index contributed by atoms with van der Waals surface area (Å²) in [5.74, 6) is -1.07. The molecule has 0 atom stereocenters. The van der Waals surface area contributed by atoms with Crippen molar-refractivity contribution >= 4 is 18.5 Å². The molecule has 2 rings (SSSR count). The number of primary amides is 1. The molecule has 2 N–H and O–H groups in total. The maximum absolute atomic E-state index is 13.9. The molecule has 0 bridgehead atoms. The van der Waals surface area contributed by atoms with E-state index in [0.29, 0.717) is 5.46 Å². The van der Waals surface area contributed by atoms with E-state index in [2.05, 4.69) is 0 Å². The predicted molar refractivity (Wildman–Crippen MR) is 75.0 cm³/mol.